The van der Waals surface area contributed by atoms with Crippen molar-refractivity contribution in [1.29, 1.82) is 0 Å². The Hall–Kier alpha value is -1.62. The third kappa shape index (κ3) is 4.49. The minimum Gasteiger partial charge on any atom is -0.348 e. The molecule has 1 unspecified atom stereocenters. The molecule has 0 heterocycles. The van der Waals surface area contributed by atoms with Gasteiger partial charge in [0.15, 0.2) is 0 Å². The highest BCUT2D eigenvalue weighted by Gasteiger charge is 2.18. The molecule has 1 rings (SSSR count). The maximum Gasteiger partial charge on any atom is 0.273 e. The maximum atomic E-state index is 12.1. The minimum absolute atomic E-state index is 0.0519. The van der Waals surface area contributed by atoms with Crippen molar-refractivity contribution >= 4 is 23.2 Å². The number of carbonyl (C=O) groups excluding carboxylic acids is 1. The lowest BCUT2D eigenvalue weighted by Gasteiger charge is -2.18. The molecule has 20 heavy (non-hydrogen) atoms. The second-order valence-corrected chi connectivity index (χ2v) is 5.52. The monoisotopic (exact) mass is 298 g/mol. The van der Waals surface area contributed by atoms with Crippen molar-refractivity contribution in [3.05, 3.63) is 39.4 Å². The van der Waals surface area contributed by atoms with Gasteiger partial charge in [0.2, 0.25) is 0 Å². The quantitative estimate of drug-likeness (QED) is 0.497. The lowest BCUT2D eigenvalue weighted by molar-refractivity contribution is -0.385. The van der Waals surface area contributed by atoms with Crippen LogP contribution >= 0.6 is 11.6 Å². The summed E-state index contributed by atoms with van der Waals surface area (Å²) in [6, 6.07) is 4.32. The average Bonchev–Trinajstić information content (AvgIpc) is 2.37. The molecule has 5 nitrogen and oxygen atoms in total. The summed E-state index contributed by atoms with van der Waals surface area (Å²) in [5.74, 6) is 0.392. The Labute approximate surface area is 123 Å². The summed E-state index contributed by atoms with van der Waals surface area (Å²) in [7, 11) is 0. The highest BCUT2D eigenvalue weighted by Crippen LogP contribution is 2.19. The van der Waals surface area contributed by atoms with Gasteiger partial charge in [0.05, 0.1) is 4.92 Å². The second kappa shape index (κ2) is 7.24. The number of halogens is 1. The fraction of sp³-hybridized carbons (Fsp3) is 0.500. The number of nitrogens with zero attached hydrogens (tertiary/aromatic N) is 1. The van der Waals surface area contributed by atoms with Gasteiger partial charge < -0.3 is 5.32 Å². The molecule has 1 aromatic carbocycles. The number of hydrogen-bond donors (Lipinski definition) is 1. The van der Waals surface area contributed by atoms with E-state index in [4.69, 9.17) is 11.6 Å². The van der Waals surface area contributed by atoms with Crippen molar-refractivity contribution < 1.29 is 9.72 Å². The van der Waals surface area contributed by atoms with Crippen LogP contribution in [0, 0.1) is 23.0 Å². The number of carbonyl (C=O) groups is 1. The Bertz CT molecular complexity index is 503. The molecule has 0 bridgehead atoms. The zero-order valence-corrected chi connectivity index (χ0v) is 12.6. The van der Waals surface area contributed by atoms with Gasteiger partial charge in [-0.2, -0.15) is 0 Å². The summed E-state index contributed by atoms with van der Waals surface area (Å²) >= 11 is 5.83. The molecule has 0 spiro atoms. The van der Waals surface area contributed by atoms with E-state index in [9.17, 15) is 14.9 Å². The molecule has 0 aliphatic heterocycles. The average molecular weight is 299 g/mol. The molecule has 0 aliphatic rings. The minimum atomic E-state index is -0.487. The standard InChI is InChI=1S/C14H19ClN2O3/c1-9(2)6-12(8-15)16-14(18)11-5-4-10(3)13(7-11)17(19)20/h4-5,7,9,12H,6,8H2,1-3H3,(H,16,18). The highest BCUT2D eigenvalue weighted by atomic mass is 35.5. The van der Waals surface area contributed by atoms with Crippen LogP contribution < -0.4 is 5.32 Å². The summed E-state index contributed by atoms with van der Waals surface area (Å²) in [4.78, 5) is 22.5. The molecule has 0 aliphatic carbocycles. The van der Waals surface area contributed by atoms with Crippen molar-refractivity contribution in [2.75, 3.05) is 5.88 Å². The maximum absolute atomic E-state index is 12.1. The molecule has 0 saturated heterocycles. The number of benzene rings is 1. The van der Waals surface area contributed by atoms with Crippen molar-refractivity contribution in [3.63, 3.8) is 0 Å². The topological polar surface area (TPSA) is 72.2 Å². The van der Waals surface area contributed by atoms with Gasteiger partial charge in [-0.3, -0.25) is 14.9 Å². The van der Waals surface area contributed by atoms with Crippen molar-refractivity contribution in [2.45, 2.75) is 33.2 Å². The van der Waals surface area contributed by atoms with Gasteiger partial charge in [-0.25, -0.2) is 0 Å². The first-order valence-electron chi connectivity index (χ1n) is 6.47. The van der Waals surface area contributed by atoms with E-state index in [0.29, 0.717) is 17.4 Å². The summed E-state index contributed by atoms with van der Waals surface area (Å²) in [6.07, 6.45) is 0.767. The number of rotatable bonds is 6. The molecule has 0 aromatic heterocycles. The molecular formula is C14H19ClN2O3. The molecule has 0 fully saturated rings. The van der Waals surface area contributed by atoms with E-state index in [0.717, 1.165) is 6.42 Å². The molecule has 6 heteroatoms. The molecule has 0 radical (unpaired) electrons. The van der Waals surface area contributed by atoms with Gasteiger partial charge in [-0.15, -0.1) is 11.6 Å². The Morgan fingerprint density at radius 3 is 2.60 bits per heavy atom. The fourth-order valence-electron chi connectivity index (χ4n) is 1.95. The second-order valence-electron chi connectivity index (χ2n) is 5.21. The van der Waals surface area contributed by atoms with E-state index >= 15 is 0 Å². The van der Waals surface area contributed by atoms with Crippen LogP contribution in [0.5, 0.6) is 0 Å². The predicted molar refractivity (Wildman–Crippen MR) is 79.3 cm³/mol. The van der Waals surface area contributed by atoms with Gasteiger partial charge in [0.1, 0.15) is 0 Å². The Morgan fingerprint density at radius 1 is 1.45 bits per heavy atom. The van der Waals surface area contributed by atoms with Crippen molar-refractivity contribution in [3.8, 4) is 0 Å². The molecule has 1 atom stereocenters. The number of nitro benzene ring substituents is 1. The predicted octanol–water partition coefficient (Wildman–Crippen LogP) is 3.29. The fourth-order valence-corrected chi connectivity index (χ4v) is 2.15. The van der Waals surface area contributed by atoms with Crippen LogP contribution in [0.25, 0.3) is 0 Å². The SMILES string of the molecule is Cc1ccc(C(=O)NC(CCl)CC(C)C)cc1[N+](=O)[O-]. The van der Waals surface area contributed by atoms with Gasteiger partial charge >= 0.3 is 0 Å². The van der Waals surface area contributed by atoms with Crippen LogP contribution in [0.4, 0.5) is 5.69 Å². The number of aryl methyl sites for hydroxylation is 1. The number of nitrogens with one attached hydrogen (secondary N) is 1. The summed E-state index contributed by atoms with van der Waals surface area (Å²) in [5, 5.41) is 13.7. The summed E-state index contributed by atoms with van der Waals surface area (Å²) in [5.41, 5.74) is 0.757. The smallest absolute Gasteiger partial charge is 0.273 e. The van der Waals surface area contributed by atoms with Crippen molar-refractivity contribution in [1.82, 2.24) is 5.32 Å². The van der Waals surface area contributed by atoms with Crippen LogP contribution in [-0.2, 0) is 0 Å². The van der Waals surface area contributed by atoms with E-state index in [2.05, 4.69) is 5.32 Å². The first-order valence-corrected chi connectivity index (χ1v) is 7.00. The van der Waals surface area contributed by atoms with E-state index in [1.54, 1.807) is 19.1 Å². The molecule has 1 amide bonds. The van der Waals surface area contributed by atoms with E-state index in [1.807, 2.05) is 13.8 Å². The molecule has 0 saturated carbocycles. The zero-order chi connectivity index (χ0) is 15.3. The summed E-state index contributed by atoms with van der Waals surface area (Å²) < 4.78 is 0. The van der Waals surface area contributed by atoms with E-state index in [1.165, 1.54) is 6.07 Å². The van der Waals surface area contributed by atoms with Crippen LogP contribution in [-0.4, -0.2) is 22.8 Å². The molecule has 1 N–H and O–H groups in total. The first-order chi connectivity index (χ1) is 9.35. The van der Waals surface area contributed by atoms with Crippen LogP contribution in [0.15, 0.2) is 18.2 Å². The zero-order valence-electron chi connectivity index (χ0n) is 11.9. The van der Waals surface area contributed by atoms with Gasteiger partial charge in [-0.1, -0.05) is 19.9 Å². The normalized spacial score (nSPS) is 12.2. The van der Waals surface area contributed by atoms with Gasteiger partial charge in [-0.05, 0) is 25.3 Å². The molecular weight excluding hydrogens is 280 g/mol. The third-order valence-corrected chi connectivity index (χ3v) is 3.32. The van der Waals surface area contributed by atoms with Gasteiger partial charge in [0.25, 0.3) is 11.6 Å². The first kappa shape index (κ1) is 16.4. The number of alkyl halides is 1. The third-order valence-electron chi connectivity index (χ3n) is 2.95. The number of nitro groups is 1. The van der Waals surface area contributed by atoms with Crippen LogP contribution in [0.2, 0.25) is 0 Å². The molecule has 1 aromatic rings. The Morgan fingerprint density at radius 2 is 2.10 bits per heavy atom. The highest BCUT2D eigenvalue weighted by molar-refractivity contribution is 6.18. The van der Waals surface area contributed by atoms with Crippen molar-refractivity contribution in [2.24, 2.45) is 5.92 Å². The molecule has 110 valence electrons. The van der Waals surface area contributed by atoms with E-state index in [-0.39, 0.29) is 23.2 Å². The Balaban J connectivity index is 2.87. The largest absolute Gasteiger partial charge is 0.348 e. The van der Waals surface area contributed by atoms with E-state index < -0.39 is 4.92 Å². The Kier molecular flexibility index (Phi) is 5.95. The number of hydrogen-bond acceptors (Lipinski definition) is 3. The lowest BCUT2D eigenvalue weighted by atomic mass is 10.0. The summed E-state index contributed by atoms with van der Waals surface area (Å²) in [6.45, 7) is 5.73. The number of amides is 1. The van der Waals surface area contributed by atoms with Gasteiger partial charge in [0, 0.05) is 29.1 Å². The van der Waals surface area contributed by atoms with Crippen LogP contribution in [0.3, 0.4) is 0 Å². The van der Waals surface area contributed by atoms with Crippen LogP contribution in [0.1, 0.15) is 36.2 Å². The lowest BCUT2D eigenvalue weighted by Crippen LogP contribution is -2.37.